The Kier molecular flexibility index (Phi) is 6.49. The van der Waals surface area contributed by atoms with Gasteiger partial charge in [-0.2, -0.15) is 0 Å². The maximum absolute atomic E-state index is 12.1. The molecule has 0 radical (unpaired) electrons. The van der Waals surface area contributed by atoms with Crippen molar-refractivity contribution in [2.24, 2.45) is 0 Å². The van der Waals surface area contributed by atoms with Gasteiger partial charge < -0.3 is 25.2 Å². The zero-order valence-corrected chi connectivity index (χ0v) is 18.6. The second-order valence-corrected chi connectivity index (χ2v) is 7.86. The number of nitrogens with one attached hydrogen (secondary N) is 2. The molecule has 0 spiro atoms. The molecule has 170 valence electrons. The smallest absolute Gasteiger partial charge is 0.337 e. The number of rotatable bonds is 8. The van der Waals surface area contributed by atoms with E-state index in [1.807, 2.05) is 36.4 Å². The van der Waals surface area contributed by atoms with E-state index >= 15 is 0 Å². The number of carbonyl (C=O) groups excluding carboxylic acids is 1. The predicted molar refractivity (Wildman–Crippen MR) is 126 cm³/mol. The molecule has 0 atom stereocenters. The summed E-state index contributed by atoms with van der Waals surface area (Å²) in [5.74, 6) is 0.192. The predicted octanol–water partition coefficient (Wildman–Crippen LogP) is 5.36. The van der Waals surface area contributed by atoms with Crippen LogP contribution < -0.4 is 20.1 Å². The lowest BCUT2D eigenvalue weighted by Crippen LogP contribution is -2.19. The Morgan fingerprint density at radius 1 is 1.06 bits per heavy atom. The normalized spacial score (nSPS) is 11.5. The van der Waals surface area contributed by atoms with E-state index < -0.39 is 5.97 Å². The minimum atomic E-state index is -1.14. The number of ether oxygens (including phenoxy) is 2. The van der Waals surface area contributed by atoms with E-state index in [1.165, 1.54) is 13.1 Å². The van der Waals surface area contributed by atoms with E-state index in [0.717, 1.165) is 29.7 Å². The summed E-state index contributed by atoms with van der Waals surface area (Å²) in [6.45, 7) is 2.83. The van der Waals surface area contributed by atoms with Gasteiger partial charge in [-0.15, -0.1) is 0 Å². The molecule has 33 heavy (non-hydrogen) atoms. The van der Waals surface area contributed by atoms with Gasteiger partial charge in [0.15, 0.2) is 11.5 Å². The summed E-state index contributed by atoms with van der Waals surface area (Å²) in [6, 6.07) is 16.7. The van der Waals surface area contributed by atoms with Crippen LogP contribution in [0.4, 0.5) is 11.4 Å². The SMILES string of the molecule is CCCCOc1cccc(Cc2ccc3c(c2)Oc2cc(C(=O)NC)cc(C(=O)O)c2N3)c1. The topological polar surface area (TPSA) is 96.9 Å². The van der Waals surface area contributed by atoms with Crippen molar-refractivity contribution in [1.82, 2.24) is 5.32 Å². The fraction of sp³-hybridized carbons (Fsp3) is 0.231. The third kappa shape index (κ3) is 4.92. The number of amides is 1. The molecule has 7 nitrogen and oxygen atoms in total. The molecule has 0 unspecified atom stereocenters. The summed E-state index contributed by atoms with van der Waals surface area (Å²) in [7, 11) is 1.49. The number of anilines is 2. The van der Waals surface area contributed by atoms with Crippen molar-refractivity contribution in [2.45, 2.75) is 26.2 Å². The van der Waals surface area contributed by atoms with E-state index in [9.17, 15) is 14.7 Å². The van der Waals surface area contributed by atoms with Crippen LogP contribution >= 0.6 is 0 Å². The highest BCUT2D eigenvalue weighted by molar-refractivity contribution is 6.03. The van der Waals surface area contributed by atoms with Crippen LogP contribution in [0, 0.1) is 0 Å². The highest BCUT2D eigenvalue weighted by atomic mass is 16.5. The Hall–Kier alpha value is -4.00. The van der Waals surface area contributed by atoms with Crippen LogP contribution in [-0.2, 0) is 6.42 Å². The summed E-state index contributed by atoms with van der Waals surface area (Å²) in [5, 5.41) is 15.3. The average molecular weight is 447 g/mol. The third-order valence-electron chi connectivity index (χ3n) is 5.42. The van der Waals surface area contributed by atoms with Gasteiger partial charge in [-0.3, -0.25) is 4.79 Å². The molecular formula is C26H26N2O5. The number of unbranched alkanes of at least 4 members (excludes halogenated alkanes) is 1. The Balaban J connectivity index is 1.58. The Labute approximate surface area is 192 Å². The first-order chi connectivity index (χ1) is 16.0. The Bertz CT molecular complexity index is 1210. The van der Waals surface area contributed by atoms with Gasteiger partial charge in [0.1, 0.15) is 5.75 Å². The van der Waals surface area contributed by atoms with Crippen LogP contribution in [0.15, 0.2) is 54.6 Å². The van der Waals surface area contributed by atoms with Crippen LogP contribution in [0.25, 0.3) is 0 Å². The second kappa shape index (κ2) is 9.65. The molecule has 1 aliphatic rings. The molecule has 3 N–H and O–H groups in total. The number of carboxylic acid groups (broad SMARTS) is 1. The number of benzene rings is 3. The van der Waals surface area contributed by atoms with E-state index in [2.05, 4.69) is 23.6 Å². The van der Waals surface area contributed by atoms with Crippen molar-refractivity contribution in [2.75, 3.05) is 19.0 Å². The van der Waals surface area contributed by atoms with Crippen LogP contribution in [-0.4, -0.2) is 30.6 Å². The Morgan fingerprint density at radius 2 is 1.88 bits per heavy atom. The lowest BCUT2D eigenvalue weighted by atomic mass is 10.0. The largest absolute Gasteiger partial charge is 0.494 e. The van der Waals surface area contributed by atoms with Gasteiger partial charge in [-0.25, -0.2) is 4.79 Å². The molecule has 7 heteroatoms. The molecule has 0 aromatic heterocycles. The molecule has 0 aliphatic carbocycles. The fourth-order valence-electron chi connectivity index (χ4n) is 3.70. The summed E-state index contributed by atoms with van der Waals surface area (Å²) in [4.78, 5) is 23.9. The van der Waals surface area contributed by atoms with Crippen molar-refractivity contribution in [3.63, 3.8) is 0 Å². The molecule has 0 saturated carbocycles. The van der Waals surface area contributed by atoms with Gasteiger partial charge in [0, 0.05) is 12.6 Å². The minimum Gasteiger partial charge on any atom is -0.494 e. The number of carboxylic acids is 1. The van der Waals surface area contributed by atoms with E-state index in [-0.39, 0.29) is 17.0 Å². The number of hydrogen-bond acceptors (Lipinski definition) is 5. The molecule has 0 saturated heterocycles. The average Bonchev–Trinajstić information content (AvgIpc) is 2.82. The summed E-state index contributed by atoms with van der Waals surface area (Å²) in [6.07, 6.45) is 2.80. The molecule has 4 rings (SSSR count). The summed E-state index contributed by atoms with van der Waals surface area (Å²) in [5.41, 5.74) is 3.33. The van der Waals surface area contributed by atoms with Gasteiger partial charge in [0.2, 0.25) is 0 Å². The number of aromatic carboxylic acids is 1. The zero-order valence-electron chi connectivity index (χ0n) is 18.6. The number of hydrogen-bond donors (Lipinski definition) is 3. The lowest BCUT2D eigenvalue weighted by Gasteiger charge is -2.24. The van der Waals surface area contributed by atoms with E-state index in [4.69, 9.17) is 9.47 Å². The van der Waals surface area contributed by atoms with Crippen LogP contribution in [0.5, 0.6) is 17.2 Å². The van der Waals surface area contributed by atoms with Crippen LogP contribution in [0.2, 0.25) is 0 Å². The van der Waals surface area contributed by atoms with Crippen molar-refractivity contribution in [3.8, 4) is 17.2 Å². The fourth-order valence-corrected chi connectivity index (χ4v) is 3.70. The molecule has 3 aromatic carbocycles. The van der Waals surface area contributed by atoms with Crippen molar-refractivity contribution >= 4 is 23.3 Å². The highest BCUT2D eigenvalue weighted by Crippen LogP contribution is 2.44. The maximum atomic E-state index is 12.1. The van der Waals surface area contributed by atoms with E-state index in [0.29, 0.717) is 35.9 Å². The van der Waals surface area contributed by atoms with Crippen molar-refractivity contribution in [1.29, 1.82) is 0 Å². The zero-order chi connectivity index (χ0) is 23.4. The van der Waals surface area contributed by atoms with Gasteiger partial charge in [0.05, 0.1) is 23.5 Å². The molecule has 0 fully saturated rings. The van der Waals surface area contributed by atoms with Crippen molar-refractivity contribution in [3.05, 3.63) is 76.9 Å². The van der Waals surface area contributed by atoms with Gasteiger partial charge >= 0.3 is 5.97 Å². The van der Waals surface area contributed by atoms with Crippen molar-refractivity contribution < 1.29 is 24.2 Å². The van der Waals surface area contributed by atoms with Crippen LogP contribution in [0.3, 0.4) is 0 Å². The quantitative estimate of drug-likeness (QED) is 0.315. The standard InChI is InChI=1S/C26H26N2O5/c1-3-4-10-32-19-7-5-6-16(12-19)11-17-8-9-21-22(13-17)33-23-15-18(25(29)27-2)14-20(26(30)31)24(23)28-21/h5-9,12-15,28H,3-4,10-11H2,1-2H3,(H,27,29)(H,30,31). The number of fused-ring (bicyclic) bond motifs is 2. The molecule has 1 heterocycles. The maximum Gasteiger partial charge on any atom is 0.337 e. The van der Waals surface area contributed by atoms with Gasteiger partial charge in [-0.05, 0) is 60.4 Å². The molecule has 1 amide bonds. The first-order valence-corrected chi connectivity index (χ1v) is 10.9. The second-order valence-electron chi connectivity index (χ2n) is 7.86. The Morgan fingerprint density at radius 3 is 2.64 bits per heavy atom. The van der Waals surface area contributed by atoms with Gasteiger partial charge in [0.25, 0.3) is 5.91 Å². The monoisotopic (exact) mass is 446 g/mol. The first kappa shape index (κ1) is 22.2. The summed E-state index contributed by atoms with van der Waals surface area (Å²) >= 11 is 0. The van der Waals surface area contributed by atoms with Crippen LogP contribution in [0.1, 0.15) is 51.6 Å². The highest BCUT2D eigenvalue weighted by Gasteiger charge is 2.25. The lowest BCUT2D eigenvalue weighted by molar-refractivity contribution is 0.0697. The van der Waals surface area contributed by atoms with Gasteiger partial charge in [-0.1, -0.05) is 31.5 Å². The molecule has 3 aromatic rings. The van der Waals surface area contributed by atoms with E-state index in [1.54, 1.807) is 6.07 Å². The number of carbonyl (C=O) groups is 2. The molecule has 0 bridgehead atoms. The first-order valence-electron chi connectivity index (χ1n) is 10.9. The summed E-state index contributed by atoms with van der Waals surface area (Å²) < 4.78 is 11.8. The molecule has 1 aliphatic heterocycles. The molecular weight excluding hydrogens is 420 g/mol. The minimum absolute atomic E-state index is 0.0271. The third-order valence-corrected chi connectivity index (χ3v) is 5.42.